The number of nitriles is 1. The average molecular weight is 196 g/mol. The summed E-state index contributed by atoms with van der Waals surface area (Å²) in [5.74, 6) is 0. The number of rotatable bonds is 7. The number of ether oxygens (including phenoxy) is 1. The van der Waals surface area contributed by atoms with Crippen molar-refractivity contribution < 1.29 is 4.74 Å². The first-order chi connectivity index (χ1) is 6.76. The van der Waals surface area contributed by atoms with Gasteiger partial charge in [-0.15, -0.1) is 0 Å². The third kappa shape index (κ3) is 4.59. The van der Waals surface area contributed by atoms with Crippen molar-refractivity contribution >= 4 is 0 Å². The summed E-state index contributed by atoms with van der Waals surface area (Å²) in [6.07, 6.45) is 4.61. The summed E-state index contributed by atoms with van der Waals surface area (Å²) in [6, 6.07) is 2.85. The third-order valence-electron chi connectivity index (χ3n) is 2.55. The fraction of sp³-hybridized carbons (Fsp3) is 0.909. The van der Waals surface area contributed by atoms with E-state index >= 15 is 0 Å². The molecule has 0 amide bonds. The Hall–Kier alpha value is -0.590. The molecule has 0 radical (unpaired) electrons. The minimum atomic E-state index is -0.0217. The van der Waals surface area contributed by atoms with Gasteiger partial charge in [-0.25, -0.2) is 0 Å². The molecule has 1 saturated carbocycles. The highest BCUT2D eigenvalue weighted by atomic mass is 16.5. The van der Waals surface area contributed by atoms with Crippen molar-refractivity contribution in [1.82, 2.24) is 5.32 Å². The zero-order valence-corrected chi connectivity index (χ0v) is 9.12. The molecule has 0 aromatic carbocycles. The molecule has 14 heavy (non-hydrogen) atoms. The molecule has 1 N–H and O–H groups in total. The van der Waals surface area contributed by atoms with E-state index in [2.05, 4.69) is 25.2 Å². The topological polar surface area (TPSA) is 45.0 Å². The largest absolute Gasteiger partial charge is 0.378 e. The normalized spacial score (nSPS) is 20.1. The standard InChI is InChI=1S/C11H20N2O/c1-3-9(2)14-7-6-11(8-12)13-10-4-5-10/h9-11,13H,3-7H2,1-2H3. The zero-order chi connectivity index (χ0) is 10.4. The van der Waals surface area contributed by atoms with Gasteiger partial charge in [0, 0.05) is 12.6 Å². The molecule has 2 atom stereocenters. The molecule has 2 unspecified atom stereocenters. The number of nitrogens with one attached hydrogen (secondary N) is 1. The van der Waals surface area contributed by atoms with Crippen LogP contribution in [0.3, 0.4) is 0 Å². The number of hydrogen-bond donors (Lipinski definition) is 1. The van der Waals surface area contributed by atoms with Crippen molar-refractivity contribution in [3.05, 3.63) is 0 Å². The Bertz CT molecular complexity index is 196. The van der Waals surface area contributed by atoms with E-state index in [4.69, 9.17) is 10.00 Å². The number of nitrogens with zero attached hydrogens (tertiary/aromatic N) is 1. The second-order valence-electron chi connectivity index (χ2n) is 4.00. The summed E-state index contributed by atoms with van der Waals surface area (Å²) in [4.78, 5) is 0. The molecular weight excluding hydrogens is 176 g/mol. The predicted octanol–water partition coefficient (Wildman–Crippen LogP) is 1.84. The molecule has 0 aromatic heterocycles. The lowest BCUT2D eigenvalue weighted by Gasteiger charge is -2.13. The first-order valence-corrected chi connectivity index (χ1v) is 5.53. The first kappa shape index (κ1) is 11.5. The molecule has 0 saturated heterocycles. The fourth-order valence-electron chi connectivity index (χ4n) is 1.22. The molecular formula is C11H20N2O. The minimum Gasteiger partial charge on any atom is -0.378 e. The van der Waals surface area contributed by atoms with Gasteiger partial charge in [0.25, 0.3) is 0 Å². The second kappa shape index (κ2) is 6.00. The predicted molar refractivity (Wildman–Crippen MR) is 55.9 cm³/mol. The van der Waals surface area contributed by atoms with Crippen LogP contribution in [0.15, 0.2) is 0 Å². The van der Waals surface area contributed by atoms with Crippen LogP contribution in [0, 0.1) is 11.3 Å². The lowest BCUT2D eigenvalue weighted by molar-refractivity contribution is 0.0594. The maximum Gasteiger partial charge on any atom is 0.0977 e. The van der Waals surface area contributed by atoms with Crippen LogP contribution in [0.1, 0.15) is 39.5 Å². The molecule has 0 aliphatic heterocycles. The Morgan fingerprint density at radius 2 is 2.29 bits per heavy atom. The first-order valence-electron chi connectivity index (χ1n) is 5.53. The smallest absolute Gasteiger partial charge is 0.0977 e. The highest BCUT2D eigenvalue weighted by Crippen LogP contribution is 2.19. The summed E-state index contributed by atoms with van der Waals surface area (Å²) >= 11 is 0. The van der Waals surface area contributed by atoms with Crippen molar-refractivity contribution in [3.63, 3.8) is 0 Å². The Labute approximate surface area is 86.4 Å². The van der Waals surface area contributed by atoms with E-state index in [1.807, 2.05) is 0 Å². The van der Waals surface area contributed by atoms with Crippen molar-refractivity contribution in [3.8, 4) is 6.07 Å². The van der Waals surface area contributed by atoms with Gasteiger partial charge in [-0.05, 0) is 32.6 Å². The van der Waals surface area contributed by atoms with E-state index < -0.39 is 0 Å². The summed E-state index contributed by atoms with van der Waals surface area (Å²) in [6.45, 7) is 4.86. The summed E-state index contributed by atoms with van der Waals surface area (Å²) in [5, 5.41) is 12.1. The van der Waals surface area contributed by atoms with Crippen LogP contribution in [0.2, 0.25) is 0 Å². The summed E-state index contributed by atoms with van der Waals surface area (Å²) in [5.41, 5.74) is 0. The van der Waals surface area contributed by atoms with E-state index in [0.29, 0.717) is 18.8 Å². The van der Waals surface area contributed by atoms with Gasteiger partial charge in [-0.2, -0.15) is 5.26 Å². The average Bonchev–Trinajstić information content (AvgIpc) is 2.99. The van der Waals surface area contributed by atoms with Crippen LogP contribution in [0.25, 0.3) is 0 Å². The number of hydrogen-bond acceptors (Lipinski definition) is 3. The maximum absolute atomic E-state index is 8.86. The lowest BCUT2D eigenvalue weighted by Crippen LogP contribution is -2.31. The monoisotopic (exact) mass is 196 g/mol. The molecule has 1 fully saturated rings. The van der Waals surface area contributed by atoms with E-state index in [1.165, 1.54) is 12.8 Å². The van der Waals surface area contributed by atoms with Gasteiger partial charge < -0.3 is 4.74 Å². The Morgan fingerprint density at radius 3 is 2.79 bits per heavy atom. The fourth-order valence-corrected chi connectivity index (χ4v) is 1.22. The van der Waals surface area contributed by atoms with Crippen LogP contribution in [0.5, 0.6) is 0 Å². The lowest BCUT2D eigenvalue weighted by atomic mass is 10.2. The molecule has 0 bridgehead atoms. The van der Waals surface area contributed by atoms with Gasteiger partial charge in [0.1, 0.15) is 0 Å². The van der Waals surface area contributed by atoms with Gasteiger partial charge in [0.05, 0.1) is 18.2 Å². The molecule has 1 aliphatic carbocycles. The van der Waals surface area contributed by atoms with E-state index in [1.54, 1.807) is 0 Å². The molecule has 80 valence electrons. The Kier molecular flexibility index (Phi) is 4.92. The summed E-state index contributed by atoms with van der Waals surface area (Å²) < 4.78 is 5.53. The van der Waals surface area contributed by atoms with Gasteiger partial charge in [0.2, 0.25) is 0 Å². The quantitative estimate of drug-likeness (QED) is 0.675. The van der Waals surface area contributed by atoms with Gasteiger partial charge in [-0.1, -0.05) is 6.92 Å². The zero-order valence-electron chi connectivity index (χ0n) is 9.12. The molecule has 3 heteroatoms. The Balaban J connectivity index is 2.05. The van der Waals surface area contributed by atoms with Crippen LogP contribution < -0.4 is 5.32 Å². The van der Waals surface area contributed by atoms with Crippen LogP contribution in [0.4, 0.5) is 0 Å². The van der Waals surface area contributed by atoms with Crippen molar-refractivity contribution in [2.45, 2.75) is 57.7 Å². The molecule has 0 spiro atoms. The van der Waals surface area contributed by atoms with E-state index in [9.17, 15) is 0 Å². The highest BCUT2D eigenvalue weighted by molar-refractivity contribution is 4.95. The van der Waals surface area contributed by atoms with Gasteiger partial charge in [-0.3, -0.25) is 5.32 Å². The minimum absolute atomic E-state index is 0.0217. The molecule has 1 rings (SSSR count). The van der Waals surface area contributed by atoms with Crippen LogP contribution in [-0.4, -0.2) is 24.8 Å². The molecule has 1 aliphatic rings. The summed E-state index contributed by atoms with van der Waals surface area (Å²) in [7, 11) is 0. The molecule has 0 aromatic rings. The highest BCUT2D eigenvalue weighted by Gasteiger charge is 2.24. The van der Waals surface area contributed by atoms with Crippen LogP contribution >= 0.6 is 0 Å². The van der Waals surface area contributed by atoms with E-state index in [0.717, 1.165) is 12.8 Å². The Morgan fingerprint density at radius 1 is 1.57 bits per heavy atom. The van der Waals surface area contributed by atoms with Crippen molar-refractivity contribution in [2.24, 2.45) is 0 Å². The second-order valence-corrected chi connectivity index (χ2v) is 4.00. The molecule has 3 nitrogen and oxygen atoms in total. The maximum atomic E-state index is 8.86. The van der Waals surface area contributed by atoms with E-state index in [-0.39, 0.29) is 6.04 Å². The third-order valence-corrected chi connectivity index (χ3v) is 2.55. The SMILES string of the molecule is CCC(C)OCCC(C#N)NC1CC1. The van der Waals surface area contributed by atoms with Crippen LogP contribution in [-0.2, 0) is 4.74 Å². The van der Waals surface area contributed by atoms with Gasteiger partial charge in [0.15, 0.2) is 0 Å². The van der Waals surface area contributed by atoms with Crippen molar-refractivity contribution in [2.75, 3.05) is 6.61 Å². The molecule has 0 heterocycles. The van der Waals surface area contributed by atoms with Gasteiger partial charge >= 0.3 is 0 Å². The van der Waals surface area contributed by atoms with Crippen molar-refractivity contribution in [1.29, 1.82) is 5.26 Å².